The van der Waals surface area contributed by atoms with E-state index < -0.39 is 0 Å². The van der Waals surface area contributed by atoms with Crippen LogP contribution in [-0.4, -0.2) is 36.1 Å². The summed E-state index contributed by atoms with van der Waals surface area (Å²) in [5.41, 5.74) is 2.92. The Morgan fingerprint density at radius 1 is 1.12 bits per heavy atom. The van der Waals surface area contributed by atoms with Crippen LogP contribution < -0.4 is 10.6 Å². The van der Waals surface area contributed by atoms with Crippen molar-refractivity contribution < 1.29 is 14.3 Å². The fraction of sp³-hybridized carbons (Fsp3) is 0.350. The maximum atomic E-state index is 12.3. The maximum absolute atomic E-state index is 12.3. The standard InChI is InChI=1S/C20H23N3O3/c1-14-4-6-15(7-5-14)10-22-19(24)16-9-17(12-21-11-16)20(25)23-13-18-3-2-8-26-18/h4-7,9,11-12,18H,2-3,8,10,13H2,1H3,(H,22,24)(H,23,25). The van der Waals surface area contributed by atoms with Gasteiger partial charge in [-0.2, -0.15) is 0 Å². The van der Waals surface area contributed by atoms with Crippen molar-refractivity contribution in [2.45, 2.75) is 32.4 Å². The van der Waals surface area contributed by atoms with E-state index in [-0.39, 0.29) is 17.9 Å². The first-order valence-corrected chi connectivity index (χ1v) is 8.80. The molecule has 2 heterocycles. The van der Waals surface area contributed by atoms with E-state index in [2.05, 4.69) is 15.6 Å². The van der Waals surface area contributed by atoms with E-state index in [9.17, 15) is 9.59 Å². The zero-order valence-electron chi connectivity index (χ0n) is 14.8. The van der Waals surface area contributed by atoms with E-state index in [0.717, 1.165) is 25.0 Å². The minimum absolute atomic E-state index is 0.0768. The molecule has 1 aliphatic rings. The molecule has 3 rings (SSSR count). The molecule has 1 fully saturated rings. The normalized spacial score (nSPS) is 16.3. The zero-order valence-corrected chi connectivity index (χ0v) is 14.8. The lowest BCUT2D eigenvalue weighted by Gasteiger charge is -2.11. The Hall–Kier alpha value is -2.73. The molecule has 1 aliphatic heterocycles. The summed E-state index contributed by atoms with van der Waals surface area (Å²) < 4.78 is 5.49. The van der Waals surface area contributed by atoms with E-state index in [1.807, 2.05) is 31.2 Å². The summed E-state index contributed by atoms with van der Waals surface area (Å²) in [6, 6.07) is 9.51. The zero-order chi connectivity index (χ0) is 18.4. The molecule has 26 heavy (non-hydrogen) atoms. The Labute approximate surface area is 153 Å². The molecule has 1 saturated heterocycles. The first kappa shape index (κ1) is 18.1. The Kier molecular flexibility index (Phi) is 5.96. The third-order valence-electron chi connectivity index (χ3n) is 4.35. The first-order valence-electron chi connectivity index (χ1n) is 8.80. The Bertz CT molecular complexity index is 768. The third kappa shape index (κ3) is 4.89. The van der Waals surface area contributed by atoms with Crippen LogP contribution in [0.3, 0.4) is 0 Å². The van der Waals surface area contributed by atoms with Crippen molar-refractivity contribution in [2.75, 3.05) is 13.2 Å². The summed E-state index contributed by atoms with van der Waals surface area (Å²) in [5.74, 6) is -0.506. The van der Waals surface area contributed by atoms with Gasteiger partial charge in [-0.25, -0.2) is 0 Å². The van der Waals surface area contributed by atoms with Gasteiger partial charge in [0.05, 0.1) is 17.2 Å². The second-order valence-electron chi connectivity index (χ2n) is 6.48. The molecule has 0 aliphatic carbocycles. The van der Waals surface area contributed by atoms with E-state index in [1.54, 1.807) is 6.07 Å². The molecule has 6 nitrogen and oxygen atoms in total. The smallest absolute Gasteiger partial charge is 0.253 e. The molecule has 6 heteroatoms. The summed E-state index contributed by atoms with van der Waals surface area (Å²) in [6.07, 6.45) is 4.98. The van der Waals surface area contributed by atoms with Gasteiger partial charge in [-0.05, 0) is 31.4 Å². The second kappa shape index (κ2) is 8.58. The van der Waals surface area contributed by atoms with Crippen molar-refractivity contribution in [1.82, 2.24) is 15.6 Å². The monoisotopic (exact) mass is 353 g/mol. The number of benzene rings is 1. The Morgan fingerprint density at radius 3 is 2.46 bits per heavy atom. The van der Waals surface area contributed by atoms with Crippen LogP contribution in [0.4, 0.5) is 0 Å². The number of nitrogens with zero attached hydrogens (tertiary/aromatic N) is 1. The van der Waals surface area contributed by atoms with Crippen LogP contribution in [0, 0.1) is 6.92 Å². The largest absolute Gasteiger partial charge is 0.376 e. The number of pyridine rings is 1. The van der Waals surface area contributed by atoms with Gasteiger partial charge in [-0.1, -0.05) is 29.8 Å². The van der Waals surface area contributed by atoms with Crippen molar-refractivity contribution in [3.05, 3.63) is 65.0 Å². The molecule has 136 valence electrons. The highest BCUT2D eigenvalue weighted by Gasteiger charge is 2.17. The minimum Gasteiger partial charge on any atom is -0.376 e. The molecule has 2 N–H and O–H groups in total. The van der Waals surface area contributed by atoms with Gasteiger partial charge in [0.25, 0.3) is 11.8 Å². The number of carbonyl (C=O) groups is 2. The van der Waals surface area contributed by atoms with E-state index in [4.69, 9.17) is 4.74 Å². The average molecular weight is 353 g/mol. The Balaban J connectivity index is 1.55. The van der Waals surface area contributed by atoms with Gasteiger partial charge in [0.15, 0.2) is 0 Å². The number of hydrogen-bond donors (Lipinski definition) is 2. The van der Waals surface area contributed by atoms with E-state index >= 15 is 0 Å². The molecule has 1 aromatic carbocycles. The number of aryl methyl sites for hydroxylation is 1. The number of nitrogens with one attached hydrogen (secondary N) is 2. The molecule has 1 atom stereocenters. The number of amides is 2. The maximum Gasteiger partial charge on any atom is 0.253 e. The summed E-state index contributed by atoms with van der Waals surface area (Å²) in [7, 11) is 0. The van der Waals surface area contributed by atoms with Gasteiger partial charge < -0.3 is 15.4 Å². The second-order valence-corrected chi connectivity index (χ2v) is 6.48. The Morgan fingerprint density at radius 2 is 1.81 bits per heavy atom. The molecule has 0 spiro atoms. The van der Waals surface area contributed by atoms with E-state index in [0.29, 0.717) is 24.2 Å². The number of hydrogen-bond acceptors (Lipinski definition) is 4. The van der Waals surface area contributed by atoms with Crippen molar-refractivity contribution in [3.63, 3.8) is 0 Å². The van der Waals surface area contributed by atoms with Gasteiger partial charge in [0.1, 0.15) is 0 Å². The van der Waals surface area contributed by atoms with Crippen LogP contribution in [0.2, 0.25) is 0 Å². The highest BCUT2D eigenvalue weighted by atomic mass is 16.5. The van der Waals surface area contributed by atoms with Gasteiger partial charge in [0, 0.05) is 32.1 Å². The lowest BCUT2D eigenvalue weighted by Crippen LogP contribution is -2.32. The molecule has 0 radical (unpaired) electrons. The van der Waals surface area contributed by atoms with Crippen molar-refractivity contribution in [2.24, 2.45) is 0 Å². The average Bonchev–Trinajstić information content (AvgIpc) is 3.19. The lowest BCUT2D eigenvalue weighted by molar-refractivity contribution is 0.0857. The minimum atomic E-state index is -0.258. The van der Waals surface area contributed by atoms with Gasteiger partial charge in [-0.3, -0.25) is 14.6 Å². The molecular formula is C20H23N3O3. The highest BCUT2D eigenvalue weighted by molar-refractivity contribution is 5.99. The highest BCUT2D eigenvalue weighted by Crippen LogP contribution is 2.11. The number of ether oxygens (including phenoxy) is 1. The van der Waals surface area contributed by atoms with Gasteiger partial charge in [0.2, 0.25) is 0 Å². The fourth-order valence-electron chi connectivity index (χ4n) is 2.79. The predicted molar refractivity (Wildman–Crippen MR) is 97.9 cm³/mol. The van der Waals surface area contributed by atoms with Crippen LogP contribution in [0.25, 0.3) is 0 Å². The first-order chi connectivity index (χ1) is 12.6. The van der Waals surface area contributed by atoms with Crippen LogP contribution >= 0.6 is 0 Å². The number of rotatable bonds is 6. The summed E-state index contributed by atoms with van der Waals surface area (Å²) in [4.78, 5) is 28.6. The fourth-order valence-corrected chi connectivity index (χ4v) is 2.79. The predicted octanol–water partition coefficient (Wildman–Crippen LogP) is 2.23. The van der Waals surface area contributed by atoms with Crippen molar-refractivity contribution >= 4 is 11.8 Å². The molecule has 0 saturated carbocycles. The molecule has 1 unspecified atom stereocenters. The molecular weight excluding hydrogens is 330 g/mol. The van der Waals surface area contributed by atoms with Crippen LogP contribution in [0.1, 0.15) is 44.7 Å². The van der Waals surface area contributed by atoms with Gasteiger partial charge in [-0.15, -0.1) is 0 Å². The van der Waals surface area contributed by atoms with Crippen LogP contribution in [0.15, 0.2) is 42.7 Å². The molecule has 2 aromatic rings. The number of aromatic nitrogens is 1. The van der Waals surface area contributed by atoms with Crippen LogP contribution in [-0.2, 0) is 11.3 Å². The molecule has 0 bridgehead atoms. The summed E-state index contributed by atoms with van der Waals surface area (Å²) >= 11 is 0. The number of carbonyl (C=O) groups excluding carboxylic acids is 2. The third-order valence-corrected chi connectivity index (χ3v) is 4.35. The topological polar surface area (TPSA) is 80.3 Å². The summed E-state index contributed by atoms with van der Waals surface area (Å²) in [5, 5.41) is 5.68. The van der Waals surface area contributed by atoms with Crippen molar-refractivity contribution in [1.29, 1.82) is 0 Å². The van der Waals surface area contributed by atoms with Gasteiger partial charge >= 0.3 is 0 Å². The van der Waals surface area contributed by atoms with Crippen LogP contribution in [0.5, 0.6) is 0 Å². The SMILES string of the molecule is Cc1ccc(CNC(=O)c2cncc(C(=O)NCC3CCCO3)c2)cc1. The van der Waals surface area contributed by atoms with E-state index in [1.165, 1.54) is 18.0 Å². The van der Waals surface area contributed by atoms with Crippen molar-refractivity contribution in [3.8, 4) is 0 Å². The molecule has 1 aromatic heterocycles. The molecule has 2 amide bonds. The summed E-state index contributed by atoms with van der Waals surface area (Å²) in [6.45, 7) is 3.67. The quantitative estimate of drug-likeness (QED) is 0.835. The lowest BCUT2D eigenvalue weighted by atomic mass is 10.1.